The first-order valence-corrected chi connectivity index (χ1v) is 5.99. The van der Waals surface area contributed by atoms with Crippen LogP contribution in [0.3, 0.4) is 0 Å². The third kappa shape index (κ3) is 3.01. The molecule has 1 saturated carbocycles. The molecule has 1 aromatic rings. The Morgan fingerprint density at radius 1 is 1.29 bits per heavy atom. The zero-order chi connectivity index (χ0) is 12.3. The molecule has 1 atom stereocenters. The molecule has 2 nitrogen and oxygen atoms in total. The van der Waals surface area contributed by atoms with Gasteiger partial charge in [0.25, 0.3) is 0 Å². The van der Waals surface area contributed by atoms with Gasteiger partial charge in [-0.05, 0) is 18.9 Å². The molecule has 2 rings (SSSR count). The fourth-order valence-electron chi connectivity index (χ4n) is 2.19. The molecular formula is C13H17F2NO. The van der Waals surface area contributed by atoms with Crippen LogP contribution in [0.25, 0.3) is 0 Å². The van der Waals surface area contributed by atoms with Crippen molar-refractivity contribution in [2.24, 2.45) is 5.73 Å². The molecule has 4 heteroatoms. The molecule has 0 saturated heterocycles. The lowest BCUT2D eigenvalue weighted by Crippen LogP contribution is -2.22. The Morgan fingerprint density at radius 2 is 2.00 bits per heavy atom. The van der Waals surface area contributed by atoms with Gasteiger partial charge in [-0.25, -0.2) is 8.78 Å². The minimum Gasteiger partial charge on any atom is -0.376 e. The maximum Gasteiger partial charge on any atom is 0.163 e. The Labute approximate surface area is 99.8 Å². The molecule has 94 valence electrons. The SMILES string of the molecule is NC(COC1CCCC1)c1cccc(F)c1F. The Hall–Kier alpha value is -1.00. The molecule has 0 bridgehead atoms. The highest BCUT2D eigenvalue weighted by atomic mass is 19.2. The van der Waals surface area contributed by atoms with Crippen LogP contribution in [0.1, 0.15) is 37.3 Å². The summed E-state index contributed by atoms with van der Waals surface area (Å²) < 4.78 is 32.1. The standard InChI is InChI=1S/C13H17F2NO/c14-11-7-3-6-10(13(11)15)12(16)8-17-9-4-1-2-5-9/h3,6-7,9,12H,1-2,4-5,8,16H2. The van der Waals surface area contributed by atoms with Crippen LogP contribution in [0.15, 0.2) is 18.2 Å². The average molecular weight is 241 g/mol. The van der Waals surface area contributed by atoms with E-state index in [4.69, 9.17) is 10.5 Å². The van der Waals surface area contributed by atoms with E-state index >= 15 is 0 Å². The average Bonchev–Trinajstić information content (AvgIpc) is 2.82. The van der Waals surface area contributed by atoms with Crippen LogP contribution in [0.4, 0.5) is 8.78 Å². The zero-order valence-electron chi connectivity index (χ0n) is 9.66. The fourth-order valence-corrected chi connectivity index (χ4v) is 2.19. The van der Waals surface area contributed by atoms with E-state index in [0.717, 1.165) is 18.9 Å². The van der Waals surface area contributed by atoms with Crippen molar-refractivity contribution in [3.63, 3.8) is 0 Å². The number of benzene rings is 1. The van der Waals surface area contributed by atoms with Crippen LogP contribution in [-0.2, 0) is 4.74 Å². The van der Waals surface area contributed by atoms with Crippen LogP contribution in [0, 0.1) is 11.6 Å². The van der Waals surface area contributed by atoms with E-state index < -0.39 is 17.7 Å². The van der Waals surface area contributed by atoms with E-state index in [1.165, 1.54) is 25.0 Å². The monoisotopic (exact) mass is 241 g/mol. The van der Waals surface area contributed by atoms with Crippen LogP contribution < -0.4 is 5.73 Å². The van der Waals surface area contributed by atoms with Crippen molar-refractivity contribution in [3.8, 4) is 0 Å². The van der Waals surface area contributed by atoms with Crippen molar-refractivity contribution >= 4 is 0 Å². The summed E-state index contributed by atoms with van der Waals surface area (Å²) in [5.74, 6) is -1.73. The van der Waals surface area contributed by atoms with Gasteiger partial charge in [0.15, 0.2) is 11.6 Å². The predicted molar refractivity (Wildman–Crippen MR) is 61.5 cm³/mol. The van der Waals surface area contributed by atoms with Crippen LogP contribution in [-0.4, -0.2) is 12.7 Å². The van der Waals surface area contributed by atoms with E-state index in [1.807, 2.05) is 0 Å². The summed E-state index contributed by atoms with van der Waals surface area (Å²) in [4.78, 5) is 0. The predicted octanol–water partition coefficient (Wildman–Crippen LogP) is 2.92. The molecule has 17 heavy (non-hydrogen) atoms. The van der Waals surface area contributed by atoms with Crippen LogP contribution >= 0.6 is 0 Å². The molecule has 0 spiro atoms. The molecule has 0 radical (unpaired) electrons. The summed E-state index contributed by atoms with van der Waals surface area (Å²) in [6.07, 6.45) is 4.66. The van der Waals surface area contributed by atoms with Gasteiger partial charge in [-0.3, -0.25) is 0 Å². The summed E-state index contributed by atoms with van der Waals surface area (Å²) in [6, 6.07) is 3.44. The number of hydrogen-bond acceptors (Lipinski definition) is 2. The van der Waals surface area contributed by atoms with Gasteiger partial charge in [0.1, 0.15) is 0 Å². The van der Waals surface area contributed by atoms with Crippen molar-refractivity contribution in [1.29, 1.82) is 0 Å². The molecule has 1 aliphatic carbocycles. The summed E-state index contributed by atoms with van der Waals surface area (Å²) in [5.41, 5.74) is 5.99. The normalized spacial score (nSPS) is 18.5. The largest absolute Gasteiger partial charge is 0.376 e. The number of rotatable bonds is 4. The smallest absolute Gasteiger partial charge is 0.163 e. The quantitative estimate of drug-likeness (QED) is 0.879. The van der Waals surface area contributed by atoms with Gasteiger partial charge in [-0.1, -0.05) is 25.0 Å². The van der Waals surface area contributed by atoms with E-state index in [9.17, 15) is 8.78 Å². The number of halogens is 2. The third-order valence-corrected chi connectivity index (χ3v) is 3.19. The lowest BCUT2D eigenvalue weighted by Gasteiger charge is -2.17. The maximum atomic E-state index is 13.4. The first-order chi connectivity index (χ1) is 8.18. The lowest BCUT2D eigenvalue weighted by atomic mass is 10.1. The Kier molecular flexibility index (Phi) is 4.07. The number of nitrogens with two attached hydrogens (primary N) is 1. The van der Waals surface area contributed by atoms with Gasteiger partial charge in [-0.2, -0.15) is 0 Å². The van der Waals surface area contributed by atoms with Gasteiger partial charge in [0, 0.05) is 5.56 Å². The highest BCUT2D eigenvalue weighted by molar-refractivity contribution is 5.22. The first-order valence-electron chi connectivity index (χ1n) is 5.99. The second kappa shape index (κ2) is 5.56. The molecule has 0 aromatic heterocycles. The van der Waals surface area contributed by atoms with E-state index in [2.05, 4.69) is 0 Å². The molecule has 0 aliphatic heterocycles. The van der Waals surface area contributed by atoms with E-state index in [-0.39, 0.29) is 18.3 Å². The number of ether oxygens (including phenoxy) is 1. The molecule has 1 fully saturated rings. The van der Waals surface area contributed by atoms with Gasteiger partial charge >= 0.3 is 0 Å². The second-order valence-corrected chi connectivity index (χ2v) is 4.49. The van der Waals surface area contributed by atoms with Crippen molar-refractivity contribution in [3.05, 3.63) is 35.4 Å². The van der Waals surface area contributed by atoms with Gasteiger partial charge < -0.3 is 10.5 Å². The molecule has 2 N–H and O–H groups in total. The van der Waals surface area contributed by atoms with Crippen LogP contribution in [0.2, 0.25) is 0 Å². The van der Waals surface area contributed by atoms with Gasteiger partial charge in [0.2, 0.25) is 0 Å². The van der Waals surface area contributed by atoms with Gasteiger partial charge in [0.05, 0.1) is 18.8 Å². The van der Waals surface area contributed by atoms with Gasteiger partial charge in [-0.15, -0.1) is 0 Å². The molecule has 1 aromatic carbocycles. The van der Waals surface area contributed by atoms with Crippen molar-refractivity contribution in [2.45, 2.75) is 37.8 Å². The Bertz CT molecular complexity index is 378. The Balaban J connectivity index is 1.94. The summed E-state index contributed by atoms with van der Waals surface area (Å²) in [5, 5.41) is 0. The van der Waals surface area contributed by atoms with Crippen molar-refractivity contribution in [1.82, 2.24) is 0 Å². The highest BCUT2D eigenvalue weighted by Gasteiger charge is 2.19. The van der Waals surface area contributed by atoms with Crippen molar-refractivity contribution in [2.75, 3.05) is 6.61 Å². The van der Waals surface area contributed by atoms with E-state index in [0.29, 0.717) is 0 Å². The number of hydrogen-bond donors (Lipinski definition) is 1. The maximum absolute atomic E-state index is 13.4. The molecule has 0 amide bonds. The van der Waals surface area contributed by atoms with Crippen LogP contribution in [0.5, 0.6) is 0 Å². The molecule has 0 heterocycles. The summed E-state index contributed by atoms with van der Waals surface area (Å²) in [6.45, 7) is 0.241. The third-order valence-electron chi connectivity index (χ3n) is 3.19. The second-order valence-electron chi connectivity index (χ2n) is 4.49. The van der Waals surface area contributed by atoms with E-state index in [1.54, 1.807) is 0 Å². The lowest BCUT2D eigenvalue weighted by molar-refractivity contribution is 0.0483. The highest BCUT2D eigenvalue weighted by Crippen LogP contribution is 2.23. The van der Waals surface area contributed by atoms with Crippen molar-refractivity contribution < 1.29 is 13.5 Å². The minimum absolute atomic E-state index is 0.183. The zero-order valence-corrected chi connectivity index (χ0v) is 9.66. The minimum atomic E-state index is -0.866. The fraction of sp³-hybridized carbons (Fsp3) is 0.538. The molecule has 1 aliphatic rings. The molecule has 1 unspecified atom stereocenters. The Morgan fingerprint density at radius 3 is 2.71 bits per heavy atom. The molecular weight excluding hydrogens is 224 g/mol. The summed E-state index contributed by atoms with van der Waals surface area (Å²) in [7, 11) is 0. The first kappa shape index (κ1) is 12.5. The topological polar surface area (TPSA) is 35.2 Å². The summed E-state index contributed by atoms with van der Waals surface area (Å²) >= 11 is 0.